The number of allylic oxidation sites excluding steroid dienone is 9. The average molecular weight is 602 g/mol. The number of fused-ring (bicyclic) bond motifs is 2. The Hall–Kier alpha value is -4.67. The van der Waals surface area contributed by atoms with Gasteiger partial charge < -0.3 is 9.80 Å². The smallest absolute Gasteiger partial charge is 0.197 e. The topological polar surface area (TPSA) is 18.8 Å². The van der Waals surface area contributed by atoms with E-state index in [1.165, 1.54) is 49.0 Å². The van der Waals surface area contributed by atoms with Crippen molar-refractivity contribution in [2.24, 2.45) is 10.9 Å². The second-order valence-electron chi connectivity index (χ2n) is 12.7. The molecule has 0 amide bonds. The van der Waals surface area contributed by atoms with Gasteiger partial charge in [-0.15, -0.1) is 0 Å². The summed E-state index contributed by atoms with van der Waals surface area (Å²) in [7, 11) is -0.527. The largest absolute Gasteiger partial charge is 0.376 e. The fourth-order valence-corrected chi connectivity index (χ4v) is 12.9. The van der Waals surface area contributed by atoms with Gasteiger partial charge in [0.1, 0.15) is 0 Å². The van der Waals surface area contributed by atoms with Crippen LogP contribution < -0.4 is 10.4 Å². The van der Waals surface area contributed by atoms with Crippen molar-refractivity contribution in [3.8, 4) is 11.1 Å². The van der Waals surface area contributed by atoms with Crippen molar-refractivity contribution in [1.29, 1.82) is 0 Å². The zero-order chi connectivity index (χ0) is 30.2. The molecule has 45 heavy (non-hydrogen) atoms. The Bertz CT molecular complexity index is 1840. The molecule has 2 aliphatic carbocycles. The minimum absolute atomic E-state index is 0.218. The first-order chi connectivity index (χ1) is 22.2. The van der Waals surface area contributed by atoms with E-state index in [-0.39, 0.29) is 12.0 Å². The maximum Gasteiger partial charge on any atom is 0.197 e. The second kappa shape index (κ2) is 11.7. The lowest BCUT2D eigenvalue weighted by Gasteiger charge is -2.40. The summed E-state index contributed by atoms with van der Waals surface area (Å²) in [6.07, 6.45) is 27.6. The van der Waals surface area contributed by atoms with Gasteiger partial charge in [-0.3, -0.25) is 4.99 Å². The number of rotatable bonds is 6. The number of likely N-dealkylation sites (N-methyl/N-ethyl adjacent to an activating group) is 1. The van der Waals surface area contributed by atoms with E-state index in [1.54, 1.807) is 0 Å². The van der Waals surface area contributed by atoms with Crippen LogP contribution in [-0.2, 0) is 0 Å². The van der Waals surface area contributed by atoms with Crippen molar-refractivity contribution in [3.05, 3.63) is 167 Å². The fraction of sp³-hybridized carbons (Fsp3) is 0.195. The molecule has 0 bridgehead atoms. The van der Waals surface area contributed by atoms with Crippen LogP contribution in [0.2, 0.25) is 0 Å². The molecule has 0 saturated carbocycles. The molecule has 4 heteroatoms. The average Bonchev–Trinajstić information content (AvgIpc) is 3.43. The Morgan fingerprint density at radius 1 is 0.756 bits per heavy atom. The molecule has 3 aliphatic heterocycles. The van der Waals surface area contributed by atoms with E-state index >= 15 is 0 Å². The Morgan fingerprint density at radius 3 is 2.16 bits per heavy atom. The van der Waals surface area contributed by atoms with Gasteiger partial charge in [-0.05, 0) is 71.0 Å². The van der Waals surface area contributed by atoms with Crippen LogP contribution >= 0.6 is 0 Å². The molecule has 0 spiro atoms. The molecule has 3 atom stereocenters. The summed E-state index contributed by atoms with van der Waals surface area (Å²) < 4.78 is 0. The van der Waals surface area contributed by atoms with E-state index in [1.807, 2.05) is 0 Å². The molecule has 0 aromatic heterocycles. The fourth-order valence-electron chi connectivity index (χ4n) is 7.97. The highest BCUT2D eigenvalue weighted by atomic mass is 28.3. The van der Waals surface area contributed by atoms with Crippen molar-refractivity contribution in [3.63, 3.8) is 0 Å². The quantitative estimate of drug-likeness (QED) is 0.273. The Balaban J connectivity index is 1.33. The van der Waals surface area contributed by atoms with Crippen molar-refractivity contribution >= 4 is 24.7 Å². The van der Waals surface area contributed by atoms with Gasteiger partial charge in [0.15, 0.2) is 8.07 Å². The van der Waals surface area contributed by atoms with Crippen LogP contribution in [0.1, 0.15) is 25.7 Å². The molecule has 0 saturated heterocycles. The molecular formula is C41H39N3Si. The molecule has 3 aromatic carbocycles. The summed E-state index contributed by atoms with van der Waals surface area (Å²) in [6.45, 7) is 0.944. The molecule has 5 aliphatic rings. The molecular weight excluding hydrogens is 563 g/mol. The first-order valence-corrected chi connectivity index (χ1v) is 18.3. The lowest BCUT2D eigenvalue weighted by Crippen LogP contribution is -2.62. The third kappa shape index (κ3) is 4.76. The molecule has 0 radical (unpaired) electrons. The summed E-state index contributed by atoms with van der Waals surface area (Å²) in [5.41, 5.74) is 6.77. The summed E-state index contributed by atoms with van der Waals surface area (Å²) >= 11 is 0. The second-order valence-corrected chi connectivity index (χ2v) is 16.5. The van der Waals surface area contributed by atoms with Gasteiger partial charge in [-0.2, -0.15) is 0 Å². The minimum atomic E-state index is -2.71. The molecule has 8 rings (SSSR count). The van der Waals surface area contributed by atoms with Crippen molar-refractivity contribution in [2.45, 2.75) is 31.7 Å². The predicted octanol–water partition coefficient (Wildman–Crippen LogP) is 7.49. The number of nitrogens with zero attached hydrogens (tertiary/aromatic N) is 3. The number of benzene rings is 3. The van der Waals surface area contributed by atoms with Gasteiger partial charge in [0.2, 0.25) is 0 Å². The van der Waals surface area contributed by atoms with Gasteiger partial charge in [0, 0.05) is 48.6 Å². The normalized spacial score (nSPS) is 23.3. The Morgan fingerprint density at radius 2 is 1.44 bits per heavy atom. The number of aliphatic imine (C=N–C) groups is 1. The molecule has 3 heterocycles. The molecule has 0 fully saturated rings. The zero-order valence-electron chi connectivity index (χ0n) is 25.9. The van der Waals surface area contributed by atoms with Crippen molar-refractivity contribution in [2.75, 3.05) is 13.6 Å². The first kappa shape index (κ1) is 27.8. The number of hydrogen-bond acceptors (Lipinski definition) is 3. The van der Waals surface area contributed by atoms with E-state index in [2.05, 4.69) is 163 Å². The third-order valence-electron chi connectivity index (χ3n) is 10.1. The van der Waals surface area contributed by atoms with Crippen molar-refractivity contribution in [1.82, 2.24) is 9.80 Å². The van der Waals surface area contributed by atoms with Gasteiger partial charge in [-0.1, -0.05) is 121 Å². The van der Waals surface area contributed by atoms with Crippen LogP contribution in [0.4, 0.5) is 0 Å². The summed E-state index contributed by atoms with van der Waals surface area (Å²) in [5.74, 6) is 0.270. The van der Waals surface area contributed by atoms with Gasteiger partial charge in [0.25, 0.3) is 0 Å². The van der Waals surface area contributed by atoms with Gasteiger partial charge in [0.05, 0.1) is 6.04 Å². The number of hydrogen-bond donors (Lipinski definition) is 0. The summed E-state index contributed by atoms with van der Waals surface area (Å²) in [5, 5.41) is 5.60. The summed E-state index contributed by atoms with van der Waals surface area (Å²) in [6, 6.07) is 31.7. The molecule has 0 N–H and O–H groups in total. The SMILES string of the molecule is CN1C=CC2=C(C1)C1C=NC([Si](C3=CC=CCC3)(c3ccccc3)c3ccc(-c4ccccc4)cc3)=CC1N2C1=CC=CCC1. The van der Waals surface area contributed by atoms with Crippen LogP contribution in [0, 0.1) is 5.92 Å². The lowest BCUT2D eigenvalue weighted by atomic mass is 9.92. The van der Waals surface area contributed by atoms with Gasteiger partial charge in [-0.25, -0.2) is 0 Å². The van der Waals surface area contributed by atoms with E-state index < -0.39 is 8.07 Å². The maximum atomic E-state index is 5.54. The molecule has 3 aromatic rings. The lowest BCUT2D eigenvalue weighted by molar-refractivity contribution is 0.367. The maximum absolute atomic E-state index is 5.54. The highest BCUT2D eigenvalue weighted by Gasteiger charge is 2.49. The van der Waals surface area contributed by atoms with E-state index in [9.17, 15) is 0 Å². The Labute approximate surface area is 268 Å². The molecule has 3 unspecified atom stereocenters. The van der Waals surface area contributed by atoms with Crippen molar-refractivity contribution < 1.29 is 0 Å². The van der Waals surface area contributed by atoms with Gasteiger partial charge >= 0.3 is 0 Å². The first-order valence-electron chi connectivity index (χ1n) is 16.3. The Kier molecular flexibility index (Phi) is 7.23. The van der Waals surface area contributed by atoms with Crippen LogP contribution in [0.3, 0.4) is 0 Å². The summed E-state index contributed by atoms with van der Waals surface area (Å²) in [4.78, 5) is 10.5. The zero-order valence-corrected chi connectivity index (χ0v) is 26.9. The van der Waals surface area contributed by atoms with Crippen LogP contribution in [0.25, 0.3) is 11.1 Å². The minimum Gasteiger partial charge on any atom is -0.376 e. The van der Waals surface area contributed by atoms with E-state index in [4.69, 9.17) is 4.99 Å². The standard InChI is InChI=1S/C41H39N3Si/c1-43-27-26-39-38(30-43)37-29-42-41(28-40(37)44(39)33-16-8-3-9-17-33)45(34-18-10-4-11-19-34,35-20-12-5-13-21-35)36-24-22-32(23-25-36)31-14-6-2-7-15-31/h2-8,10-12,14-16,18-20,22-29,37,40H,9,13,17,21,30H2,1H3. The predicted molar refractivity (Wildman–Crippen MR) is 191 cm³/mol. The third-order valence-corrected chi connectivity index (χ3v) is 14.9. The van der Waals surface area contributed by atoms with E-state index in [0.717, 1.165) is 32.2 Å². The highest BCUT2D eigenvalue weighted by molar-refractivity contribution is 7.12. The monoisotopic (exact) mass is 601 g/mol. The molecule has 3 nitrogen and oxygen atoms in total. The van der Waals surface area contributed by atoms with Crippen LogP contribution in [0.5, 0.6) is 0 Å². The highest BCUT2D eigenvalue weighted by Crippen LogP contribution is 2.44. The molecule has 222 valence electrons. The van der Waals surface area contributed by atoms with Crippen LogP contribution in [-0.4, -0.2) is 43.7 Å². The van der Waals surface area contributed by atoms with E-state index in [0.29, 0.717) is 0 Å². The van der Waals surface area contributed by atoms with Crippen LogP contribution in [0.15, 0.2) is 172 Å².